The standard InChI is InChI=1S/C51H32F6S3/c52-36-13-1-30(2-14-36)48(31-3-15-37(53)16-4-31)42-29-47(50(34-9-21-40(56)22-10-34)35-11-23-41(57)24-12-35)60-51(42)46-28-26-44(59-46)43-25-27-45(58-43)49(32-5-17-38(54)18-6-32)33-7-19-39(55)20-8-33/h1-29,48-50H. The summed E-state index contributed by atoms with van der Waals surface area (Å²) >= 11 is 4.79. The predicted molar refractivity (Wildman–Crippen MR) is 232 cm³/mol. The van der Waals surface area contributed by atoms with Crippen LogP contribution in [0.1, 0.15) is 66.5 Å². The minimum absolute atomic E-state index is 0.252. The fourth-order valence-corrected chi connectivity index (χ4v) is 11.5. The Balaban J connectivity index is 1.19. The maximum Gasteiger partial charge on any atom is 0.123 e. The zero-order valence-corrected chi connectivity index (χ0v) is 33.9. The predicted octanol–water partition coefficient (Wildman–Crippen LogP) is 15.6. The largest absolute Gasteiger partial charge is 0.207 e. The van der Waals surface area contributed by atoms with E-state index in [4.69, 9.17) is 0 Å². The smallest absolute Gasteiger partial charge is 0.123 e. The van der Waals surface area contributed by atoms with Gasteiger partial charge in [0.2, 0.25) is 0 Å². The number of thiophene rings is 3. The van der Waals surface area contributed by atoms with Crippen LogP contribution in [0.5, 0.6) is 0 Å². The molecule has 0 amide bonds. The lowest BCUT2D eigenvalue weighted by Crippen LogP contribution is -2.05. The van der Waals surface area contributed by atoms with Gasteiger partial charge >= 0.3 is 0 Å². The van der Waals surface area contributed by atoms with Gasteiger partial charge in [-0.2, -0.15) is 0 Å². The quantitative estimate of drug-likeness (QED) is 0.114. The van der Waals surface area contributed by atoms with E-state index in [2.05, 4.69) is 30.3 Å². The summed E-state index contributed by atoms with van der Waals surface area (Å²) in [6.45, 7) is 0. The SMILES string of the molecule is Fc1ccc(C(c2ccc(F)cc2)c2ccc(-c3ccc(-c4sc(C(c5ccc(F)cc5)c5ccc(F)cc5)cc4C(c4ccc(F)cc4)c4ccc(F)cc4)s3)s2)cc1. The van der Waals surface area contributed by atoms with Gasteiger partial charge in [0.15, 0.2) is 0 Å². The van der Waals surface area contributed by atoms with E-state index in [1.165, 1.54) is 72.8 Å². The molecule has 0 fully saturated rings. The van der Waals surface area contributed by atoms with Crippen molar-refractivity contribution < 1.29 is 26.3 Å². The van der Waals surface area contributed by atoms with Crippen LogP contribution in [0.2, 0.25) is 0 Å². The second-order valence-electron chi connectivity index (χ2n) is 14.4. The van der Waals surface area contributed by atoms with Gasteiger partial charge in [-0.1, -0.05) is 72.8 Å². The van der Waals surface area contributed by atoms with Crippen LogP contribution < -0.4 is 0 Å². The van der Waals surface area contributed by atoms with Gasteiger partial charge in [-0.3, -0.25) is 0 Å². The lowest BCUT2D eigenvalue weighted by Gasteiger charge is -2.20. The van der Waals surface area contributed by atoms with E-state index in [-0.39, 0.29) is 46.7 Å². The van der Waals surface area contributed by atoms with E-state index in [9.17, 15) is 26.3 Å². The number of benzene rings is 6. The molecule has 6 aromatic carbocycles. The van der Waals surface area contributed by atoms with Gasteiger partial charge in [0.25, 0.3) is 0 Å². The summed E-state index contributed by atoms with van der Waals surface area (Å²) in [6.07, 6.45) is 0. The van der Waals surface area contributed by atoms with Gasteiger partial charge < -0.3 is 0 Å². The van der Waals surface area contributed by atoms with Crippen molar-refractivity contribution in [2.24, 2.45) is 0 Å². The molecule has 0 saturated heterocycles. The third-order valence-corrected chi connectivity index (χ3v) is 14.4. The van der Waals surface area contributed by atoms with Crippen LogP contribution >= 0.6 is 34.0 Å². The first-order chi connectivity index (χ1) is 29.2. The molecule has 0 spiro atoms. The molecule has 0 aliphatic rings. The van der Waals surface area contributed by atoms with E-state index in [0.29, 0.717) is 0 Å². The minimum Gasteiger partial charge on any atom is -0.207 e. The zero-order chi connectivity index (χ0) is 41.3. The van der Waals surface area contributed by atoms with Crippen LogP contribution in [0.3, 0.4) is 0 Å². The van der Waals surface area contributed by atoms with Crippen LogP contribution in [0.4, 0.5) is 26.3 Å². The van der Waals surface area contributed by atoms with Crippen molar-refractivity contribution in [2.45, 2.75) is 17.8 Å². The highest BCUT2D eigenvalue weighted by molar-refractivity contribution is 7.26. The van der Waals surface area contributed by atoms with E-state index in [0.717, 1.165) is 68.2 Å². The Hall–Kier alpha value is -6.00. The fourth-order valence-electron chi connectivity index (χ4n) is 7.73. The molecular weight excluding hydrogens is 823 g/mol. The van der Waals surface area contributed by atoms with Crippen molar-refractivity contribution in [3.05, 3.63) is 260 Å². The first-order valence-corrected chi connectivity index (χ1v) is 21.5. The highest BCUT2D eigenvalue weighted by Gasteiger charge is 2.29. The van der Waals surface area contributed by atoms with Gasteiger partial charge in [-0.25, -0.2) is 26.3 Å². The molecule has 296 valence electrons. The summed E-state index contributed by atoms with van der Waals surface area (Å²) in [7, 11) is 0. The molecule has 9 rings (SSSR count). The zero-order valence-electron chi connectivity index (χ0n) is 31.5. The van der Waals surface area contributed by atoms with Crippen LogP contribution in [0.15, 0.2) is 176 Å². The van der Waals surface area contributed by atoms with Gasteiger partial charge in [0, 0.05) is 47.0 Å². The van der Waals surface area contributed by atoms with E-state index in [1.807, 2.05) is 0 Å². The van der Waals surface area contributed by atoms with Gasteiger partial charge in [-0.05, 0) is 142 Å². The molecule has 3 heterocycles. The van der Waals surface area contributed by atoms with Crippen molar-refractivity contribution in [2.75, 3.05) is 0 Å². The Morgan fingerprint density at radius 2 is 0.567 bits per heavy atom. The number of hydrogen-bond donors (Lipinski definition) is 0. The molecule has 3 aromatic heterocycles. The average molecular weight is 855 g/mol. The van der Waals surface area contributed by atoms with Crippen molar-refractivity contribution >= 4 is 34.0 Å². The first-order valence-electron chi connectivity index (χ1n) is 19.0. The highest BCUT2D eigenvalue weighted by atomic mass is 32.1. The summed E-state index contributed by atoms with van der Waals surface area (Å²) in [5, 5.41) is 0. The molecule has 0 atom stereocenters. The van der Waals surface area contributed by atoms with Gasteiger partial charge in [0.1, 0.15) is 34.9 Å². The summed E-state index contributed by atoms with van der Waals surface area (Å²) in [5.74, 6) is -3.26. The first kappa shape index (κ1) is 39.5. The van der Waals surface area contributed by atoms with Gasteiger partial charge in [-0.15, -0.1) is 34.0 Å². The molecule has 0 unspecified atom stereocenters. The molecule has 0 saturated carbocycles. The fraction of sp³-hybridized carbons (Fsp3) is 0.0588. The monoisotopic (exact) mass is 854 g/mol. The Morgan fingerprint density at radius 3 is 0.950 bits per heavy atom. The molecule has 0 bridgehead atoms. The third-order valence-electron chi connectivity index (χ3n) is 10.6. The summed E-state index contributed by atoms with van der Waals surface area (Å²) in [4.78, 5) is 5.85. The van der Waals surface area contributed by atoms with Crippen molar-refractivity contribution in [3.63, 3.8) is 0 Å². The van der Waals surface area contributed by atoms with Crippen molar-refractivity contribution in [1.82, 2.24) is 0 Å². The molecule has 9 aromatic rings. The summed E-state index contributed by atoms with van der Waals surface area (Å²) in [5.41, 5.74) is 5.92. The lowest BCUT2D eigenvalue weighted by molar-refractivity contribution is 0.625. The lowest BCUT2D eigenvalue weighted by atomic mass is 9.83. The molecule has 0 radical (unpaired) electrons. The normalized spacial score (nSPS) is 11.6. The van der Waals surface area contributed by atoms with Crippen LogP contribution in [0.25, 0.3) is 19.5 Å². The number of halogens is 6. The van der Waals surface area contributed by atoms with E-state index < -0.39 is 5.92 Å². The number of hydrogen-bond acceptors (Lipinski definition) is 3. The Labute approximate surface area is 355 Å². The molecule has 0 N–H and O–H groups in total. The Bertz CT molecular complexity index is 2720. The molecular formula is C51H32F6S3. The topological polar surface area (TPSA) is 0 Å². The third kappa shape index (κ3) is 8.26. The summed E-state index contributed by atoms with van der Waals surface area (Å²) in [6, 6.07) is 48.4. The minimum atomic E-state index is -0.431. The van der Waals surface area contributed by atoms with Crippen molar-refractivity contribution in [3.8, 4) is 19.5 Å². The summed E-state index contributed by atoms with van der Waals surface area (Å²) < 4.78 is 85.5. The molecule has 60 heavy (non-hydrogen) atoms. The van der Waals surface area contributed by atoms with Gasteiger partial charge in [0.05, 0.1) is 0 Å². The Kier molecular flexibility index (Phi) is 11.1. The maximum absolute atomic E-state index is 14.4. The molecule has 9 heteroatoms. The Morgan fingerprint density at radius 1 is 0.267 bits per heavy atom. The second-order valence-corrected chi connectivity index (χ2v) is 17.7. The van der Waals surface area contributed by atoms with E-state index in [1.54, 1.807) is 107 Å². The van der Waals surface area contributed by atoms with E-state index >= 15 is 0 Å². The van der Waals surface area contributed by atoms with Crippen LogP contribution in [-0.4, -0.2) is 0 Å². The second kappa shape index (κ2) is 16.9. The van der Waals surface area contributed by atoms with Crippen LogP contribution in [-0.2, 0) is 0 Å². The molecule has 0 nitrogen and oxygen atoms in total. The highest BCUT2D eigenvalue weighted by Crippen LogP contribution is 2.50. The molecule has 0 aliphatic heterocycles. The average Bonchev–Trinajstić information content (AvgIpc) is 4.04. The van der Waals surface area contributed by atoms with Crippen LogP contribution in [0, 0.1) is 34.9 Å². The molecule has 0 aliphatic carbocycles. The maximum atomic E-state index is 14.4. The van der Waals surface area contributed by atoms with Crippen molar-refractivity contribution in [1.29, 1.82) is 0 Å². The number of rotatable bonds is 11.